The Morgan fingerprint density at radius 3 is 2.00 bits per heavy atom. The summed E-state index contributed by atoms with van der Waals surface area (Å²) < 4.78 is 0. The monoisotopic (exact) mass is 211 g/mol. The first-order valence-corrected chi connectivity index (χ1v) is 5.72. The van der Waals surface area contributed by atoms with Crippen molar-refractivity contribution in [3.63, 3.8) is 0 Å². The van der Waals surface area contributed by atoms with E-state index in [9.17, 15) is 0 Å². The van der Waals surface area contributed by atoms with Crippen LogP contribution in [0.4, 0.5) is 0 Å². The topological polar surface area (TPSA) is 12.9 Å². The lowest BCUT2D eigenvalue weighted by molar-refractivity contribution is 0.942. The zero-order valence-corrected chi connectivity index (χ0v) is 9.90. The third-order valence-electron chi connectivity index (χ3n) is 2.69. The van der Waals surface area contributed by atoms with Crippen molar-refractivity contribution in [2.45, 2.75) is 26.7 Å². The zero-order valence-electron chi connectivity index (χ0n) is 9.90. The largest absolute Gasteiger partial charge is 0.258 e. The first-order chi connectivity index (χ1) is 7.74. The Hall–Kier alpha value is -1.63. The van der Waals surface area contributed by atoms with Gasteiger partial charge in [-0.25, -0.2) is 0 Å². The minimum Gasteiger partial charge on any atom is -0.258 e. The lowest BCUT2D eigenvalue weighted by Crippen LogP contribution is -1.95. The summed E-state index contributed by atoms with van der Waals surface area (Å²) in [7, 11) is 0. The molecule has 0 aliphatic carbocycles. The second-order valence-electron chi connectivity index (χ2n) is 4.24. The van der Waals surface area contributed by atoms with Crippen LogP contribution in [0.2, 0.25) is 0 Å². The van der Waals surface area contributed by atoms with E-state index in [2.05, 4.69) is 61.3 Å². The summed E-state index contributed by atoms with van der Waals surface area (Å²) in [5, 5.41) is 0. The standard InChI is InChI=1S/C15H17N/c1-12-10-15(11-13(2)16-12)9-8-14-6-4-3-5-7-14/h3-7,10-11H,8-9H2,1-2H3. The molecule has 1 heteroatoms. The Labute approximate surface area is 97.2 Å². The third-order valence-corrected chi connectivity index (χ3v) is 2.69. The second kappa shape index (κ2) is 4.93. The van der Waals surface area contributed by atoms with Gasteiger partial charge in [0.25, 0.3) is 0 Å². The molecule has 2 aromatic rings. The second-order valence-corrected chi connectivity index (χ2v) is 4.24. The molecule has 82 valence electrons. The van der Waals surface area contributed by atoms with E-state index < -0.39 is 0 Å². The summed E-state index contributed by atoms with van der Waals surface area (Å²) in [6.45, 7) is 4.11. The van der Waals surface area contributed by atoms with Crippen LogP contribution in [0.3, 0.4) is 0 Å². The van der Waals surface area contributed by atoms with E-state index in [1.807, 2.05) is 0 Å². The molecule has 0 N–H and O–H groups in total. The van der Waals surface area contributed by atoms with Gasteiger partial charge in [0.1, 0.15) is 0 Å². The van der Waals surface area contributed by atoms with E-state index in [0.717, 1.165) is 24.2 Å². The molecule has 0 aliphatic rings. The number of aryl methyl sites for hydroxylation is 4. The Morgan fingerprint density at radius 2 is 1.38 bits per heavy atom. The molecule has 1 aromatic carbocycles. The summed E-state index contributed by atoms with van der Waals surface area (Å²) >= 11 is 0. The maximum Gasteiger partial charge on any atom is 0.0378 e. The van der Waals surface area contributed by atoms with Crippen molar-refractivity contribution in [2.75, 3.05) is 0 Å². The Morgan fingerprint density at radius 1 is 0.812 bits per heavy atom. The highest BCUT2D eigenvalue weighted by atomic mass is 14.7. The molecule has 1 nitrogen and oxygen atoms in total. The van der Waals surface area contributed by atoms with Crippen molar-refractivity contribution in [2.24, 2.45) is 0 Å². The lowest BCUT2D eigenvalue weighted by Gasteiger charge is -2.04. The van der Waals surface area contributed by atoms with Gasteiger partial charge in [-0.2, -0.15) is 0 Å². The number of rotatable bonds is 3. The Balaban J connectivity index is 2.05. The molecule has 0 saturated heterocycles. The maximum atomic E-state index is 4.39. The molecular weight excluding hydrogens is 194 g/mol. The summed E-state index contributed by atoms with van der Waals surface area (Å²) in [4.78, 5) is 4.39. The van der Waals surface area contributed by atoms with E-state index in [-0.39, 0.29) is 0 Å². The average Bonchev–Trinajstić information content (AvgIpc) is 2.27. The number of hydrogen-bond donors (Lipinski definition) is 0. The zero-order chi connectivity index (χ0) is 11.4. The van der Waals surface area contributed by atoms with Gasteiger partial charge in [-0.1, -0.05) is 30.3 Å². The SMILES string of the molecule is Cc1cc(CCc2ccccc2)cc(C)n1. The van der Waals surface area contributed by atoms with Gasteiger partial charge in [-0.05, 0) is 49.9 Å². The molecule has 0 amide bonds. The van der Waals surface area contributed by atoms with E-state index in [4.69, 9.17) is 0 Å². The molecule has 16 heavy (non-hydrogen) atoms. The van der Waals surface area contributed by atoms with Crippen LogP contribution < -0.4 is 0 Å². The average molecular weight is 211 g/mol. The quantitative estimate of drug-likeness (QED) is 0.757. The van der Waals surface area contributed by atoms with Crippen LogP contribution in [0.1, 0.15) is 22.5 Å². The minimum absolute atomic E-state index is 1.09. The van der Waals surface area contributed by atoms with Gasteiger partial charge >= 0.3 is 0 Å². The van der Waals surface area contributed by atoms with Crippen LogP contribution in [0.15, 0.2) is 42.5 Å². The smallest absolute Gasteiger partial charge is 0.0378 e. The molecular formula is C15H17N. The number of nitrogens with zero attached hydrogens (tertiary/aromatic N) is 1. The minimum atomic E-state index is 1.09. The van der Waals surface area contributed by atoms with Gasteiger partial charge in [-0.15, -0.1) is 0 Å². The molecule has 2 rings (SSSR count). The van der Waals surface area contributed by atoms with Gasteiger partial charge in [-0.3, -0.25) is 4.98 Å². The fraction of sp³-hybridized carbons (Fsp3) is 0.267. The third kappa shape index (κ3) is 2.93. The van der Waals surface area contributed by atoms with Crippen molar-refractivity contribution >= 4 is 0 Å². The molecule has 0 fully saturated rings. The van der Waals surface area contributed by atoms with Gasteiger partial charge < -0.3 is 0 Å². The van der Waals surface area contributed by atoms with Gasteiger partial charge in [0.15, 0.2) is 0 Å². The molecule has 0 spiro atoms. The van der Waals surface area contributed by atoms with Gasteiger partial charge in [0.2, 0.25) is 0 Å². The molecule has 0 saturated carbocycles. The van der Waals surface area contributed by atoms with Crippen LogP contribution in [0, 0.1) is 13.8 Å². The maximum absolute atomic E-state index is 4.39. The predicted octanol–water partition coefficient (Wildman–Crippen LogP) is 3.48. The van der Waals surface area contributed by atoms with E-state index in [1.165, 1.54) is 11.1 Å². The van der Waals surface area contributed by atoms with Crippen LogP contribution in [0.5, 0.6) is 0 Å². The number of benzene rings is 1. The highest BCUT2D eigenvalue weighted by Gasteiger charge is 1.98. The predicted molar refractivity (Wildman–Crippen MR) is 67.6 cm³/mol. The van der Waals surface area contributed by atoms with Crippen LogP contribution in [0.25, 0.3) is 0 Å². The molecule has 0 unspecified atom stereocenters. The highest BCUT2D eigenvalue weighted by Crippen LogP contribution is 2.09. The van der Waals surface area contributed by atoms with E-state index in [0.29, 0.717) is 0 Å². The summed E-state index contributed by atoms with van der Waals surface area (Å²) in [5.74, 6) is 0. The normalized spacial score (nSPS) is 10.4. The molecule has 1 aromatic heterocycles. The van der Waals surface area contributed by atoms with Crippen LogP contribution in [-0.4, -0.2) is 4.98 Å². The van der Waals surface area contributed by atoms with Gasteiger partial charge in [0.05, 0.1) is 0 Å². The van der Waals surface area contributed by atoms with Crippen molar-refractivity contribution in [3.05, 3.63) is 65.0 Å². The van der Waals surface area contributed by atoms with E-state index >= 15 is 0 Å². The van der Waals surface area contributed by atoms with Crippen molar-refractivity contribution < 1.29 is 0 Å². The van der Waals surface area contributed by atoms with Crippen molar-refractivity contribution in [3.8, 4) is 0 Å². The summed E-state index contributed by atoms with van der Waals surface area (Å²) in [5.41, 5.74) is 5.01. The molecule has 0 bridgehead atoms. The molecule has 0 aliphatic heterocycles. The number of aromatic nitrogens is 1. The molecule has 0 radical (unpaired) electrons. The first-order valence-electron chi connectivity index (χ1n) is 5.72. The van der Waals surface area contributed by atoms with E-state index in [1.54, 1.807) is 0 Å². The molecule has 1 heterocycles. The first kappa shape index (κ1) is 10.9. The highest BCUT2D eigenvalue weighted by molar-refractivity contribution is 5.23. The summed E-state index contributed by atoms with van der Waals surface area (Å²) in [6.07, 6.45) is 2.19. The Kier molecular flexibility index (Phi) is 3.35. The lowest BCUT2D eigenvalue weighted by atomic mass is 10.0. The van der Waals surface area contributed by atoms with Crippen molar-refractivity contribution in [1.82, 2.24) is 4.98 Å². The Bertz CT molecular complexity index is 440. The number of pyridine rings is 1. The molecule has 0 atom stereocenters. The van der Waals surface area contributed by atoms with Gasteiger partial charge in [0, 0.05) is 11.4 Å². The fourth-order valence-corrected chi connectivity index (χ4v) is 2.00. The van der Waals surface area contributed by atoms with Crippen LogP contribution in [-0.2, 0) is 12.8 Å². The fourth-order valence-electron chi connectivity index (χ4n) is 2.00. The van der Waals surface area contributed by atoms with Crippen LogP contribution >= 0.6 is 0 Å². The summed E-state index contributed by atoms with van der Waals surface area (Å²) in [6, 6.07) is 15.0. The van der Waals surface area contributed by atoms with Crippen molar-refractivity contribution in [1.29, 1.82) is 0 Å². The number of hydrogen-bond acceptors (Lipinski definition) is 1.